The third kappa shape index (κ3) is 4.72. The zero-order chi connectivity index (χ0) is 20.9. The van der Waals surface area contributed by atoms with Crippen molar-refractivity contribution in [2.45, 2.75) is 54.5 Å². The lowest BCUT2D eigenvalue weighted by Crippen LogP contribution is -2.44. The lowest BCUT2D eigenvalue weighted by Gasteiger charge is -2.30. The molecule has 0 radical (unpaired) electrons. The van der Waals surface area contributed by atoms with Crippen LogP contribution in [0.4, 0.5) is 0 Å². The Morgan fingerprint density at radius 1 is 1.19 bits per heavy atom. The van der Waals surface area contributed by atoms with Gasteiger partial charge in [0.25, 0.3) is 0 Å². The first-order chi connectivity index (χ1) is 12.6. The van der Waals surface area contributed by atoms with Crippen LogP contribution in [0.1, 0.15) is 66.2 Å². The molecule has 0 aliphatic heterocycles. The number of hydrogen-bond acceptors (Lipinski definition) is 4. The van der Waals surface area contributed by atoms with Crippen LogP contribution in [0.25, 0.3) is 0 Å². The van der Waals surface area contributed by atoms with E-state index in [0.717, 1.165) is 6.42 Å². The van der Waals surface area contributed by atoms with Crippen molar-refractivity contribution in [3.05, 3.63) is 22.5 Å². The van der Waals surface area contributed by atoms with Crippen molar-refractivity contribution in [2.24, 2.45) is 5.41 Å². The van der Waals surface area contributed by atoms with E-state index >= 15 is 0 Å². The number of hydrogen-bond donors (Lipinski definition) is 0. The largest absolute Gasteiger partial charge is 0.464 e. The van der Waals surface area contributed by atoms with Gasteiger partial charge in [-0.15, -0.1) is 11.6 Å². The summed E-state index contributed by atoms with van der Waals surface area (Å²) in [6, 6.07) is 0. The average molecular weight is 399 g/mol. The van der Waals surface area contributed by atoms with Crippen LogP contribution in [0, 0.1) is 19.3 Å². The summed E-state index contributed by atoms with van der Waals surface area (Å²) in [6.45, 7) is 11.9. The molecule has 1 aromatic heterocycles. The predicted octanol–water partition coefficient (Wildman–Crippen LogP) is 3.60. The Morgan fingerprint density at radius 2 is 1.78 bits per heavy atom. The van der Waals surface area contributed by atoms with Crippen LogP contribution >= 0.6 is 11.6 Å². The highest BCUT2D eigenvalue weighted by Crippen LogP contribution is 2.25. The molecule has 0 fully saturated rings. The summed E-state index contributed by atoms with van der Waals surface area (Å²) in [5.74, 6) is -0.626. The number of rotatable bonds is 9. The Hall–Kier alpha value is -1.82. The Balaban J connectivity index is 3.30. The fraction of sp³-hybridized carbons (Fsp3) is 0.650. The molecule has 0 unspecified atom stereocenters. The molecule has 1 aromatic rings. The minimum absolute atomic E-state index is 0.0387. The molecule has 152 valence electrons. The van der Waals surface area contributed by atoms with Crippen molar-refractivity contribution in [1.29, 1.82) is 0 Å². The van der Waals surface area contributed by atoms with Crippen molar-refractivity contribution in [1.82, 2.24) is 9.47 Å². The van der Waals surface area contributed by atoms with Gasteiger partial charge in [-0.1, -0.05) is 6.92 Å². The van der Waals surface area contributed by atoms with E-state index in [1.54, 1.807) is 30.2 Å². The van der Waals surface area contributed by atoms with Crippen molar-refractivity contribution in [3.8, 4) is 0 Å². The Bertz CT molecular complexity index is 722. The summed E-state index contributed by atoms with van der Waals surface area (Å²) in [4.78, 5) is 39.6. The van der Waals surface area contributed by atoms with Crippen LogP contribution in [0.3, 0.4) is 0 Å². The van der Waals surface area contributed by atoms with Crippen LogP contribution in [-0.2, 0) is 16.1 Å². The first-order valence-electron chi connectivity index (χ1n) is 9.23. The maximum Gasteiger partial charge on any atom is 0.354 e. The summed E-state index contributed by atoms with van der Waals surface area (Å²) < 4.78 is 6.66. The van der Waals surface area contributed by atoms with Gasteiger partial charge in [-0.2, -0.15) is 0 Å². The molecule has 0 saturated carbocycles. The minimum Gasteiger partial charge on any atom is -0.464 e. The van der Waals surface area contributed by atoms with E-state index in [0.29, 0.717) is 35.6 Å². The van der Waals surface area contributed by atoms with Gasteiger partial charge in [0.1, 0.15) is 5.69 Å². The van der Waals surface area contributed by atoms with Gasteiger partial charge in [-0.3, -0.25) is 9.59 Å². The van der Waals surface area contributed by atoms with E-state index in [-0.39, 0.29) is 24.1 Å². The number of amides is 1. The predicted molar refractivity (Wildman–Crippen MR) is 107 cm³/mol. The van der Waals surface area contributed by atoms with Crippen molar-refractivity contribution < 1.29 is 19.1 Å². The SMILES string of the molecule is CCCN(CC(=O)c1c(C)c(C(=O)OC)n(CC)c1C)C(=O)C(C)(C)CCl. The molecule has 0 saturated heterocycles. The summed E-state index contributed by atoms with van der Waals surface area (Å²) in [6.07, 6.45) is 0.735. The quantitative estimate of drug-likeness (QED) is 0.362. The maximum atomic E-state index is 13.1. The van der Waals surface area contributed by atoms with E-state index in [4.69, 9.17) is 16.3 Å². The molecule has 0 N–H and O–H groups in total. The van der Waals surface area contributed by atoms with Gasteiger partial charge in [0, 0.05) is 30.2 Å². The number of methoxy groups -OCH3 is 1. The highest BCUT2D eigenvalue weighted by molar-refractivity contribution is 6.20. The third-order valence-electron chi connectivity index (χ3n) is 4.77. The molecule has 0 spiro atoms. The molecule has 6 nitrogen and oxygen atoms in total. The zero-order valence-electron chi connectivity index (χ0n) is 17.4. The Labute approximate surface area is 166 Å². The fourth-order valence-electron chi connectivity index (χ4n) is 3.32. The number of nitrogens with zero attached hydrogens (tertiary/aromatic N) is 2. The summed E-state index contributed by atoms with van der Waals surface area (Å²) in [7, 11) is 1.32. The van der Waals surface area contributed by atoms with E-state index in [2.05, 4.69) is 0 Å². The van der Waals surface area contributed by atoms with Crippen LogP contribution in [0.15, 0.2) is 0 Å². The number of alkyl halides is 1. The number of carbonyl (C=O) groups is 3. The molecule has 27 heavy (non-hydrogen) atoms. The second-order valence-corrected chi connectivity index (χ2v) is 7.60. The van der Waals surface area contributed by atoms with Crippen LogP contribution < -0.4 is 0 Å². The monoisotopic (exact) mass is 398 g/mol. The van der Waals surface area contributed by atoms with Crippen LogP contribution in [-0.4, -0.2) is 53.2 Å². The molecule has 1 heterocycles. The van der Waals surface area contributed by atoms with Gasteiger partial charge in [0.05, 0.1) is 19.1 Å². The molecule has 1 rings (SSSR count). The molecule has 0 aliphatic rings. The molecule has 1 amide bonds. The standard InChI is InChI=1S/C20H31ClN2O4/c1-8-10-22(19(26)20(5,6)12-21)11-15(24)16-13(3)17(18(25)27-7)23(9-2)14(16)4/h8-12H2,1-7H3. The van der Waals surface area contributed by atoms with E-state index in [9.17, 15) is 14.4 Å². The van der Waals surface area contributed by atoms with Crippen molar-refractivity contribution in [2.75, 3.05) is 26.1 Å². The molecular weight excluding hydrogens is 368 g/mol. The molecule has 0 aliphatic carbocycles. The van der Waals surface area contributed by atoms with Gasteiger partial charge < -0.3 is 14.2 Å². The summed E-state index contributed by atoms with van der Waals surface area (Å²) >= 11 is 5.94. The van der Waals surface area contributed by atoms with Gasteiger partial charge >= 0.3 is 5.97 Å². The number of Topliss-reactive ketones (excluding diaryl/α,β-unsaturated/α-hetero) is 1. The number of carbonyl (C=O) groups excluding carboxylic acids is 3. The average Bonchev–Trinajstić information content (AvgIpc) is 2.89. The highest BCUT2D eigenvalue weighted by Gasteiger charge is 2.33. The third-order valence-corrected chi connectivity index (χ3v) is 5.44. The van der Waals surface area contributed by atoms with E-state index in [1.165, 1.54) is 7.11 Å². The highest BCUT2D eigenvalue weighted by atomic mass is 35.5. The molecule has 0 atom stereocenters. The second kappa shape index (κ2) is 9.40. The van der Waals surface area contributed by atoms with Crippen molar-refractivity contribution >= 4 is 29.3 Å². The van der Waals surface area contributed by atoms with Crippen LogP contribution in [0.5, 0.6) is 0 Å². The lowest BCUT2D eigenvalue weighted by atomic mass is 9.93. The van der Waals surface area contributed by atoms with E-state index in [1.807, 2.05) is 20.8 Å². The number of ketones is 1. The van der Waals surface area contributed by atoms with E-state index < -0.39 is 11.4 Å². The Kier molecular flexibility index (Phi) is 8.08. The van der Waals surface area contributed by atoms with Gasteiger partial charge in [0.15, 0.2) is 5.78 Å². The number of esters is 1. The number of ether oxygens (including phenoxy) is 1. The molecule has 0 bridgehead atoms. The first-order valence-corrected chi connectivity index (χ1v) is 9.77. The topological polar surface area (TPSA) is 68.6 Å². The summed E-state index contributed by atoms with van der Waals surface area (Å²) in [5.41, 5.74) is 1.42. The molecular formula is C20H31ClN2O4. The second-order valence-electron chi connectivity index (χ2n) is 7.34. The zero-order valence-corrected chi connectivity index (χ0v) is 18.2. The summed E-state index contributed by atoms with van der Waals surface area (Å²) in [5, 5.41) is 0. The maximum absolute atomic E-state index is 13.1. The normalized spacial score (nSPS) is 11.4. The molecule has 7 heteroatoms. The van der Waals surface area contributed by atoms with Crippen LogP contribution in [0.2, 0.25) is 0 Å². The smallest absolute Gasteiger partial charge is 0.354 e. The minimum atomic E-state index is -0.742. The van der Waals surface area contributed by atoms with Gasteiger partial charge in [-0.25, -0.2) is 4.79 Å². The number of halogens is 1. The molecule has 0 aromatic carbocycles. The van der Waals surface area contributed by atoms with Gasteiger partial charge in [0.2, 0.25) is 5.91 Å². The lowest BCUT2D eigenvalue weighted by molar-refractivity contribution is -0.138. The Morgan fingerprint density at radius 3 is 2.22 bits per heavy atom. The van der Waals surface area contributed by atoms with Crippen molar-refractivity contribution in [3.63, 3.8) is 0 Å². The number of aromatic nitrogens is 1. The fourth-order valence-corrected chi connectivity index (χ4v) is 3.44. The first kappa shape index (κ1) is 23.2. The van der Waals surface area contributed by atoms with Gasteiger partial charge in [-0.05, 0) is 46.6 Å².